The number of amides is 1. The van der Waals surface area contributed by atoms with Gasteiger partial charge in [-0.05, 0) is 38.0 Å². The zero-order valence-corrected chi connectivity index (χ0v) is 13.2. The van der Waals surface area contributed by atoms with E-state index in [-0.39, 0.29) is 6.09 Å². The lowest BCUT2D eigenvalue weighted by molar-refractivity contribution is 0.0242. The normalized spacial score (nSPS) is 14.0. The van der Waals surface area contributed by atoms with E-state index in [9.17, 15) is 4.79 Å². The Morgan fingerprint density at radius 2 is 2.10 bits per heavy atom. The molecule has 0 radical (unpaired) electrons. The molecule has 0 saturated heterocycles. The van der Waals surface area contributed by atoms with Gasteiger partial charge in [0.05, 0.1) is 13.2 Å². The van der Waals surface area contributed by atoms with Crippen molar-refractivity contribution in [3.63, 3.8) is 0 Å². The van der Waals surface area contributed by atoms with Crippen LogP contribution in [0.4, 0.5) is 10.5 Å². The molecule has 0 fully saturated rings. The SMILES string of the molecule is COCCNc1cccc2c1CN(C(=O)OC(C)(C)C)C2. The molecule has 0 atom stereocenters. The number of methoxy groups -OCH3 is 1. The van der Waals surface area contributed by atoms with E-state index in [1.807, 2.05) is 32.9 Å². The van der Waals surface area contributed by atoms with Crippen LogP contribution in [0, 0.1) is 0 Å². The van der Waals surface area contributed by atoms with E-state index in [1.165, 1.54) is 11.1 Å². The minimum atomic E-state index is -0.467. The summed E-state index contributed by atoms with van der Waals surface area (Å²) in [6, 6.07) is 6.10. The van der Waals surface area contributed by atoms with Gasteiger partial charge < -0.3 is 14.8 Å². The van der Waals surface area contributed by atoms with Gasteiger partial charge in [-0.25, -0.2) is 4.79 Å². The third-order valence-electron chi connectivity index (χ3n) is 3.26. The number of hydrogen-bond donors (Lipinski definition) is 1. The van der Waals surface area contributed by atoms with Crippen molar-refractivity contribution in [3.8, 4) is 0 Å². The summed E-state index contributed by atoms with van der Waals surface area (Å²) < 4.78 is 10.5. The number of carbonyl (C=O) groups is 1. The van der Waals surface area contributed by atoms with E-state index in [2.05, 4.69) is 11.4 Å². The maximum absolute atomic E-state index is 12.2. The Hall–Kier alpha value is -1.75. The fraction of sp³-hybridized carbons (Fsp3) is 0.562. The van der Waals surface area contributed by atoms with Gasteiger partial charge in [0.1, 0.15) is 5.60 Å². The Morgan fingerprint density at radius 1 is 1.33 bits per heavy atom. The maximum Gasteiger partial charge on any atom is 0.410 e. The lowest BCUT2D eigenvalue weighted by Crippen LogP contribution is -2.33. The van der Waals surface area contributed by atoms with Crippen molar-refractivity contribution in [3.05, 3.63) is 29.3 Å². The van der Waals surface area contributed by atoms with Gasteiger partial charge >= 0.3 is 6.09 Å². The number of nitrogens with zero attached hydrogens (tertiary/aromatic N) is 1. The second-order valence-corrected chi connectivity index (χ2v) is 6.20. The molecule has 0 aliphatic carbocycles. The predicted octanol–water partition coefficient (Wildman–Crippen LogP) is 3.00. The number of carbonyl (C=O) groups excluding carboxylic acids is 1. The first-order valence-electron chi connectivity index (χ1n) is 7.22. The number of hydrogen-bond acceptors (Lipinski definition) is 4. The molecule has 1 aliphatic rings. The number of ether oxygens (including phenoxy) is 2. The lowest BCUT2D eigenvalue weighted by Gasteiger charge is -2.24. The maximum atomic E-state index is 12.2. The molecule has 116 valence electrons. The Bertz CT molecular complexity index is 509. The highest BCUT2D eigenvalue weighted by atomic mass is 16.6. The van der Waals surface area contributed by atoms with Gasteiger partial charge in [0.2, 0.25) is 0 Å². The second kappa shape index (κ2) is 6.35. The lowest BCUT2D eigenvalue weighted by atomic mass is 10.1. The topological polar surface area (TPSA) is 50.8 Å². The van der Waals surface area contributed by atoms with Crippen molar-refractivity contribution in [2.75, 3.05) is 25.6 Å². The highest BCUT2D eigenvalue weighted by Gasteiger charge is 2.28. The van der Waals surface area contributed by atoms with Crippen LogP contribution in [-0.4, -0.2) is 36.9 Å². The quantitative estimate of drug-likeness (QED) is 0.867. The van der Waals surface area contributed by atoms with Crippen LogP contribution in [0.5, 0.6) is 0 Å². The van der Waals surface area contributed by atoms with Crippen LogP contribution in [0.3, 0.4) is 0 Å². The first-order chi connectivity index (χ1) is 9.90. The molecule has 2 rings (SSSR count). The van der Waals surface area contributed by atoms with Crippen LogP contribution in [0.1, 0.15) is 31.9 Å². The van der Waals surface area contributed by atoms with E-state index >= 15 is 0 Å². The fourth-order valence-corrected chi connectivity index (χ4v) is 2.33. The number of rotatable bonds is 4. The minimum Gasteiger partial charge on any atom is -0.444 e. The van der Waals surface area contributed by atoms with Crippen LogP contribution in [0.2, 0.25) is 0 Å². The van der Waals surface area contributed by atoms with Crippen molar-refractivity contribution in [1.82, 2.24) is 4.90 Å². The van der Waals surface area contributed by atoms with Crippen molar-refractivity contribution < 1.29 is 14.3 Å². The standard InChI is InChI=1S/C16H24N2O3/c1-16(2,3)21-15(19)18-10-12-6-5-7-14(13(12)11-18)17-8-9-20-4/h5-7,17H,8-11H2,1-4H3. The molecule has 1 aromatic carbocycles. The fourth-order valence-electron chi connectivity index (χ4n) is 2.33. The Balaban J connectivity index is 2.04. The highest BCUT2D eigenvalue weighted by Crippen LogP contribution is 2.30. The van der Waals surface area contributed by atoms with Crippen molar-refractivity contribution in [1.29, 1.82) is 0 Å². The molecule has 0 spiro atoms. The molecule has 1 aliphatic heterocycles. The van der Waals surface area contributed by atoms with Gasteiger partial charge in [-0.1, -0.05) is 12.1 Å². The summed E-state index contributed by atoms with van der Waals surface area (Å²) in [7, 11) is 1.68. The molecule has 21 heavy (non-hydrogen) atoms. The average Bonchev–Trinajstić information content (AvgIpc) is 2.82. The van der Waals surface area contributed by atoms with Gasteiger partial charge in [0.25, 0.3) is 0 Å². The molecule has 1 aromatic rings. The van der Waals surface area contributed by atoms with Gasteiger partial charge in [-0.15, -0.1) is 0 Å². The minimum absolute atomic E-state index is 0.262. The third kappa shape index (κ3) is 4.11. The van der Waals surface area contributed by atoms with E-state index in [4.69, 9.17) is 9.47 Å². The van der Waals surface area contributed by atoms with Gasteiger partial charge in [-0.2, -0.15) is 0 Å². The van der Waals surface area contributed by atoms with E-state index in [0.717, 1.165) is 12.2 Å². The van der Waals surface area contributed by atoms with Gasteiger partial charge in [0.15, 0.2) is 0 Å². The zero-order chi connectivity index (χ0) is 15.5. The van der Waals surface area contributed by atoms with Crippen molar-refractivity contribution in [2.45, 2.75) is 39.5 Å². The van der Waals surface area contributed by atoms with Crippen molar-refractivity contribution in [2.24, 2.45) is 0 Å². The number of fused-ring (bicyclic) bond motifs is 1. The van der Waals surface area contributed by atoms with E-state index in [0.29, 0.717) is 19.7 Å². The molecule has 1 N–H and O–H groups in total. The van der Waals surface area contributed by atoms with Crippen LogP contribution < -0.4 is 5.32 Å². The number of benzene rings is 1. The number of anilines is 1. The summed E-state index contributed by atoms with van der Waals surface area (Å²) in [5.74, 6) is 0. The monoisotopic (exact) mass is 292 g/mol. The smallest absolute Gasteiger partial charge is 0.410 e. The van der Waals surface area contributed by atoms with Crippen molar-refractivity contribution >= 4 is 11.8 Å². The van der Waals surface area contributed by atoms with Crippen LogP contribution in [-0.2, 0) is 22.6 Å². The summed E-state index contributed by atoms with van der Waals surface area (Å²) in [6.07, 6.45) is -0.262. The molecule has 5 nitrogen and oxygen atoms in total. The molecule has 0 bridgehead atoms. The molecular weight excluding hydrogens is 268 g/mol. The zero-order valence-electron chi connectivity index (χ0n) is 13.2. The molecule has 0 unspecified atom stereocenters. The van der Waals surface area contributed by atoms with Gasteiger partial charge in [0, 0.05) is 25.9 Å². The molecule has 1 amide bonds. The summed E-state index contributed by atoms with van der Waals surface area (Å²) in [4.78, 5) is 13.9. The first kappa shape index (κ1) is 15.6. The molecular formula is C16H24N2O3. The largest absolute Gasteiger partial charge is 0.444 e. The van der Waals surface area contributed by atoms with Crippen LogP contribution in [0.15, 0.2) is 18.2 Å². The Labute approximate surface area is 126 Å². The Kier molecular flexibility index (Phi) is 4.73. The summed E-state index contributed by atoms with van der Waals surface area (Å²) >= 11 is 0. The molecule has 1 heterocycles. The Morgan fingerprint density at radius 3 is 2.76 bits per heavy atom. The molecule has 5 heteroatoms. The van der Waals surface area contributed by atoms with Crippen LogP contribution in [0.25, 0.3) is 0 Å². The summed E-state index contributed by atoms with van der Waals surface area (Å²) in [5, 5.41) is 3.35. The molecule has 0 saturated carbocycles. The summed E-state index contributed by atoms with van der Waals surface area (Å²) in [5.41, 5.74) is 2.93. The highest BCUT2D eigenvalue weighted by molar-refractivity contribution is 5.71. The number of nitrogens with one attached hydrogen (secondary N) is 1. The third-order valence-corrected chi connectivity index (χ3v) is 3.26. The van der Waals surface area contributed by atoms with E-state index in [1.54, 1.807) is 12.0 Å². The van der Waals surface area contributed by atoms with E-state index < -0.39 is 5.60 Å². The second-order valence-electron chi connectivity index (χ2n) is 6.20. The predicted molar refractivity (Wildman–Crippen MR) is 82.3 cm³/mol. The first-order valence-corrected chi connectivity index (χ1v) is 7.22. The summed E-state index contributed by atoms with van der Waals surface area (Å²) in [6.45, 7) is 8.23. The average molecular weight is 292 g/mol. The van der Waals surface area contributed by atoms with Crippen LogP contribution >= 0.6 is 0 Å². The molecule has 0 aromatic heterocycles. The van der Waals surface area contributed by atoms with Gasteiger partial charge in [-0.3, -0.25) is 4.90 Å².